The fraction of sp³-hybridized carbons (Fsp3) is 0.706. The molecule has 1 aliphatic heterocycles. The van der Waals surface area contributed by atoms with Gasteiger partial charge in [0.05, 0.1) is 0 Å². The van der Waals surface area contributed by atoms with Crippen molar-refractivity contribution in [1.29, 1.82) is 0 Å². The number of primary amides is 1. The SMILES string of the molecule is C=CC(=O)N(C)CCN1CCN(C(=O)N(C)[C@H](C(N)=O)C(C)C)CC1. The minimum atomic E-state index is -0.607. The molecule has 0 aromatic heterocycles. The van der Waals surface area contributed by atoms with E-state index in [1.54, 1.807) is 23.9 Å². The van der Waals surface area contributed by atoms with Gasteiger partial charge in [0, 0.05) is 53.4 Å². The molecule has 0 aromatic rings. The lowest BCUT2D eigenvalue weighted by Crippen LogP contribution is -2.57. The average molecular weight is 353 g/mol. The molecule has 1 atom stereocenters. The van der Waals surface area contributed by atoms with Crippen LogP contribution in [0.2, 0.25) is 0 Å². The van der Waals surface area contributed by atoms with E-state index in [1.807, 2.05) is 13.8 Å². The van der Waals surface area contributed by atoms with E-state index in [-0.39, 0.29) is 17.9 Å². The van der Waals surface area contributed by atoms with Gasteiger partial charge >= 0.3 is 6.03 Å². The van der Waals surface area contributed by atoms with Gasteiger partial charge in [-0.2, -0.15) is 0 Å². The second-order valence-corrected chi connectivity index (χ2v) is 6.78. The van der Waals surface area contributed by atoms with Crippen LogP contribution in [0.1, 0.15) is 13.8 Å². The summed E-state index contributed by atoms with van der Waals surface area (Å²) in [4.78, 5) is 42.7. The predicted molar refractivity (Wildman–Crippen MR) is 96.8 cm³/mol. The maximum atomic E-state index is 12.6. The number of hydrogen-bond donors (Lipinski definition) is 1. The molecule has 0 spiro atoms. The molecule has 1 fully saturated rings. The number of amides is 4. The van der Waals surface area contributed by atoms with E-state index in [4.69, 9.17) is 5.73 Å². The van der Waals surface area contributed by atoms with Crippen LogP contribution in [-0.4, -0.2) is 96.9 Å². The van der Waals surface area contributed by atoms with Gasteiger partial charge in [0.1, 0.15) is 6.04 Å². The van der Waals surface area contributed by atoms with Crippen molar-refractivity contribution in [3.63, 3.8) is 0 Å². The highest BCUT2D eigenvalue weighted by atomic mass is 16.2. The quantitative estimate of drug-likeness (QED) is 0.643. The second kappa shape index (κ2) is 9.41. The molecule has 142 valence electrons. The molecule has 1 rings (SSSR count). The van der Waals surface area contributed by atoms with Crippen LogP contribution in [0, 0.1) is 5.92 Å². The molecule has 8 nitrogen and oxygen atoms in total. The predicted octanol–water partition coefficient (Wildman–Crippen LogP) is -0.190. The van der Waals surface area contributed by atoms with Crippen molar-refractivity contribution in [3.05, 3.63) is 12.7 Å². The van der Waals surface area contributed by atoms with Gasteiger partial charge in [-0.3, -0.25) is 14.5 Å². The fourth-order valence-electron chi connectivity index (χ4n) is 3.03. The van der Waals surface area contributed by atoms with Crippen LogP contribution in [0.3, 0.4) is 0 Å². The van der Waals surface area contributed by atoms with Crippen molar-refractivity contribution in [3.8, 4) is 0 Å². The van der Waals surface area contributed by atoms with Crippen LogP contribution >= 0.6 is 0 Å². The molecule has 8 heteroatoms. The summed E-state index contributed by atoms with van der Waals surface area (Å²) in [5.74, 6) is -0.619. The van der Waals surface area contributed by atoms with Crippen LogP contribution in [-0.2, 0) is 9.59 Å². The van der Waals surface area contributed by atoms with Gasteiger partial charge in [0.2, 0.25) is 11.8 Å². The first kappa shape index (κ1) is 21.0. The molecule has 2 N–H and O–H groups in total. The summed E-state index contributed by atoms with van der Waals surface area (Å²) in [6.45, 7) is 11.2. The van der Waals surface area contributed by atoms with E-state index in [0.29, 0.717) is 19.6 Å². The van der Waals surface area contributed by atoms with E-state index in [0.717, 1.165) is 19.6 Å². The third-order valence-electron chi connectivity index (χ3n) is 4.59. The van der Waals surface area contributed by atoms with E-state index in [2.05, 4.69) is 11.5 Å². The van der Waals surface area contributed by atoms with Crippen molar-refractivity contribution in [2.75, 3.05) is 53.4 Å². The van der Waals surface area contributed by atoms with Crippen molar-refractivity contribution >= 4 is 17.8 Å². The smallest absolute Gasteiger partial charge is 0.320 e. The van der Waals surface area contributed by atoms with Gasteiger partial charge in [-0.15, -0.1) is 0 Å². The monoisotopic (exact) mass is 353 g/mol. The van der Waals surface area contributed by atoms with E-state index < -0.39 is 11.9 Å². The third-order valence-corrected chi connectivity index (χ3v) is 4.59. The van der Waals surface area contributed by atoms with Crippen molar-refractivity contribution < 1.29 is 14.4 Å². The number of nitrogens with zero attached hydrogens (tertiary/aromatic N) is 4. The molecular weight excluding hydrogens is 322 g/mol. The lowest BCUT2D eigenvalue weighted by molar-refractivity contribution is -0.125. The number of urea groups is 1. The number of hydrogen-bond acceptors (Lipinski definition) is 4. The molecule has 25 heavy (non-hydrogen) atoms. The Hall–Kier alpha value is -2.09. The zero-order chi connectivity index (χ0) is 19.1. The first-order chi connectivity index (χ1) is 11.7. The van der Waals surface area contributed by atoms with Crippen LogP contribution in [0.4, 0.5) is 4.79 Å². The van der Waals surface area contributed by atoms with Gasteiger partial charge in [0.25, 0.3) is 0 Å². The van der Waals surface area contributed by atoms with Crippen LogP contribution in [0.15, 0.2) is 12.7 Å². The number of carbonyl (C=O) groups excluding carboxylic acids is 3. The first-order valence-electron chi connectivity index (χ1n) is 8.60. The summed E-state index contributed by atoms with van der Waals surface area (Å²) in [5.41, 5.74) is 5.43. The Kier molecular flexibility index (Phi) is 7.89. The Bertz CT molecular complexity index is 501. The topological polar surface area (TPSA) is 90.2 Å². The molecule has 0 saturated carbocycles. The Balaban J connectivity index is 2.50. The first-order valence-corrected chi connectivity index (χ1v) is 8.60. The lowest BCUT2D eigenvalue weighted by atomic mass is 10.0. The van der Waals surface area contributed by atoms with E-state index in [1.165, 1.54) is 11.0 Å². The van der Waals surface area contributed by atoms with Crippen LogP contribution in [0.25, 0.3) is 0 Å². The number of rotatable bonds is 7. The van der Waals surface area contributed by atoms with Crippen molar-refractivity contribution in [2.45, 2.75) is 19.9 Å². The molecule has 4 amide bonds. The van der Waals surface area contributed by atoms with E-state index >= 15 is 0 Å². The summed E-state index contributed by atoms with van der Waals surface area (Å²) < 4.78 is 0. The summed E-state index contributed by atoms with van der Waals surface area (Å²) in [6, 6.07) is -0.778. The molecule has 0 bridgehead atoms. The zero-order valence-electron chi connectivity index (χ0n) is 15.8. The van der Waals surface area contributed by atoms with Gasteiger partial charge in [-0.1, -0.05) is 20.4 Å². The molecule has 0 aromatic carbocycles. The van der Waals surface area contributed by atoms with Crippen LogP contribution in [0.5, 0.6) is 0 Å². The molecule has 1 saturated heterocycles. The highest BCUT2D eigenvalue weighted by molar-refractivity contribution is 5.87. The zero-order valence-corrected chi connectivity index (χ0v) is 15.8. The van der Waals surface area contributed by atoms with E-state index in [9.17, 15) is 14.4 Å². The molecule has 0 radical (unpaired) electrons. The number of nitrogens with two attached hydrogens (primary N) is 1. The molecular formula is C17H31N5O3. The fourth-order valence-corrected chi connectivity index (χ4v) is 3.03. The largest absolute Gasteiger partial charge is 0.368 e. The maximum Gasteiger partial charge on any atom is 0.320 e. The van der Waals surface area contributed by atoms with Crippen molar-refractivity contribution in [1.82, 2.24) is 19.6 Å². The second-order valence-electron chi connectivity index (χ2n) is 6.78. The molecule has 1 heterocycles. The normalized spacial score (nSPS) is 16.4. The Morgan fingerprint density at radius 2 is 1.72 bits per heavy atom. The minimum Gasteiger partial charge on any atom is -0.368 e. The number of carbonyl (C=O) groups is 3. The molecule has 0 unspecified atom stereocenters. The van der Waals surface area contributed by atoms with Crippen LogP contribution < -0.4 is 5.73 Å². The number of piperazine rings is 1. The summed E-state index contributed by atoms with van der Waals surface area (Å²) >= 11 is 0. The van der Waals surface area contributed by atoms with Crippen molar-refractivity contribution in [2.24, 2.45) is 11.7 Å². The Morgan fingerprint density at radius 3 is 2.16 bits per heavy atom. The van der Waals surface area contributed by atoms with Gasteiger partial charge in [-0.25, -0.2) is 4.79 Å². The van der Waals surface area contributed by atoms with Gasteiger partial charge in [-0.05, 0) is 12.0 Å². The maximum absolute atomic E-state index is 12.6. The summed E-state index contributed by atoms with van der Waals surface area (Å²) in [5, 5.41) is 0. The number of likely N-dealkylation sites (N-methyl/N-ethyl adjacent to an activating group) is 2. The Morgan fingerprint density at radius 1 is 1.16 bits per heavy atom. The highest BCUT2D eigenvalue weighted by Gasteiger charge is 2.32. The summed E-state index contributed by atoms with van der Waals surface area (Å²) in [6.07, 6.45) is 1.30. The average Bonchev–Trinajstić information content (AvgIpc) is 2.57. The summed E-state index contributed by atoms with van der Waals surface area (Å²) in [7, 11) is 3.37. The standard InChI is InChI=1S/C17H31N5O3/c1-6-14(23)19(4)7-8-21-9-11-22(12-10-21)17(25)20(5)15(13(2)3)16(18)24/h6,13,15H,1,7-12H2,2-5H3,(H2,18,24)/t15-/m0/s1. The third kappa shape index (κ3) is 5.74. The van der Waals surface area contributed by atoms with Gasteiger partial charge < -0.3 is 20.4 Å². The minimum absolute atomic E-state index is 0.0364. The van der Waals surface area contributed by atoms with Gasteiger partial charge in [0.15, 0.2) is 0 Å². The molecule has 1 aliphatic rings. The molecule has 0 aliphatic carbocycles. The lowest BCUT2D eigenvalue weighted by Gasteiger charge is -2.39. The highest BCUT2D eigenvalue weighted by Crippen LogP contribution is 2.13. The Labute approximate surface area is 150 Å².